The van der Waals surface area contributed by atoms with Crippen molar-refractivity contribution in [2.75, 3.05) is 5.32 Å². The third-order valence-electron chi connectivity index (χ3n) is 6.33. The summed E-state index contributed by atoms with van der Waals surface area (Å²) in [6.07, 6.45) is 4.14. The van der Waals surface area contributed by atoms with E-state index in [9.17, 15) is 9.59 Å². The predicted molar refractivity (Wildman–Crippen MR) is 129 cm³/mol. The number of rotatable bonds is 8. The number of hydrogen-bond donors (Lipinski definition) is 3. The minimum absolute atomic E-state index is 0.0518. The van der Waals surface area contributed by atoms with Crippen LogP contribution in [-0.4, -0.2) is 23.9 Å². The third-order valence-corrected chi connectivity index (χ3v) is 6.80. The second kappa shape index (κ2) is 9.42. The molecule has 0 aromatic heterocycles. The van der Waals surface area contributed by atoms with E-state index in [-0.39, 0.29) is 23.8 Å². The normalized spacial score (nSPS) is 21.1. The first kappa shape index (κ1) is 23.1. The fourth-order valence-corrected chi connectivity index (χ4v) is 4.91. The Hall–Kier alpha value is -2.08. The quantitative estimate of drug-likeness (QED) is 0.501. The summed E-state index contributed by atoms with van der Waals surface area (Å²) in [7, 11) is 0. The molecule has 0 saturated heterocycles. The van der Waals surface area contributed by atoms with Crippen molar-refractivity contribution in [1.29, 1.82) is 0 Å². The Balaban J connectivity index is 1.73. The van der Waals surface area contributed by atoms with Gasteiger partial charge in [-0.2, -0.15) is 0 Å². The molecule has 3 N–H and O–H groups in total. The number of nitrogens with one attached hydrogen (secondary N) is 3. The van der Waals surface area contributed by atoms with E-state index in [1.807, 2.05) is 24.3 Å². The van der Waals surface area contributed by atoms with Gasteiger partial charge in [0.1, 0.15) is 5.54 Å². The summed E-state index contributed by atoms with van der Waals surface area (Å²) in [6, 6.07) is 12.6. The van der Waals surface area contributed by atoms with E-state index in [4.69, 9.17) is 23.2 Å². The molecule has 7 heteroatoms. The second-order valence-corrected chi connectivity index (χ2v) is 10.2. The number of hydrogen-bond acceptors (Lipinski definition) is 3. The third kappa shape index (κ3) is 4.80. The van der Waals surface area contributed by atoms with Crippen molar-refractivity contribution in [2.45, 2.75) is 63.6 Å². The molecule has 170 valence electrons. The summed E-state index contributed by atoms with van der Waals surface area (Å²) >= 11 is 12.4. The minimum Gasteiger partial charge on any atom is -0.352 e. The van der Waals surface area contributed by atoms with E-state index < -0.39 is 11.6 Å². The van der Waals surface area contributed by atoms with Gasteiger partial charge in [-0.15, -0.1) is 0 Å². The monoisotopic (exact) mass is 473 g/mol. The van der Waals surface area contributed by atoms with Crippen LogP contribution < -0.4 is 16.0 Å². The molecule has 4 rings (SSSR count). The summed E-state index contributed by atoms with van der Waals surface area (Å²) in [6.45, 7) is 4.16. The number of halogens is 2. The van der Waals surface area contributed by atoms with Gasteiger partial charge >= 0.3 is 0 Å². The lowest BCUT2D eigenvalue weighted by molar-refractivity contribution is -0.127. The van der Waals surface area contributed by atoms with Gasteiger partial charge in [-0.25, -0.2) is 0 Å². The standard InChI is InChI=1S/C25H29Cl2N3O2/c1-15(2)11-22(23(31)28-19-7-4-8-19)30-25(14-16-5-3-6-17(26)12-16)20-10-9-18(27)13-21(20)29-24(25)32/h3,5-6,9-10,12-13,15,19,22,30H,4,7-8,11,14H2,1-2H3,(H,28,31)(H,29,32)/t22-,25?/m0/s1. The molecule has 0 radical (unpaired) electrons. The lowest BCUT2D eigenvalue weighted by Gasteiger charge is -2.36. The highest BCUT2D eigenvalue weighted by molar-refractivity contribution is 6.31. The van der Waals surface area contributed by atoms with Crippen LogP contribution in [0.1, 0.15) is 50.7 Å². The average Bonchev–Trinajstić information content (AvgIpc) is 2.94. The van der Waals surface area contributed by atoms with Crippen LogP contribution in [0.25, 0.3) is 0 Å². The average molecular weight is 474 g/mol. The fourth-order valence-electron chi connectivity index (χ4n) is 4.52. The molecule has 2 atom stereocenters. The van der Waals surface area contributed by atoms with Gasteiger partial charge in [0.05, 0.1) is 6.04 Å². The van der Waals surface area contributed by atoms with Gasteiger partial charge in [0.2, 0.25) is 11.8 Å². The molecule has 2 aromatic carbocycles. The minimum atomic E-state index is -1.11. The summed E-state index contributed by atoms with van der Waals surface area (Å²) in [4.78, 5) is 26.7. The lowest BCUT2D eigenvalue weighted by Crippen LogP contribution is -2.59. The van der Waals surface area contributed by atoms with E-state index in [1.54, 1.807) is 18.2 Å². The molecule has 2 aliphatic rings. The Morgan fingerprint density at radius 2 is 1.91 bits per heavy atom. The Morgan fingerprint density at radius 1 is 1.16 bits per heavy atom. The number of carbonyl (C=O) groups is 2. The molecule has 2 amide bonds. The molecule has 0 bridgehead atoms. The van der Waals surface area contributed by atoms with E-state index in [2.05, 4.69) is 29.8 Å². The number of anilines is 1. The van der Waals surface area contributed by atoms with Crippen LogP contribution in [0.5, 0.6) is 0 Å². The molecule has 1 fully saturated rings. The molecule has 2 aromatic rings. The van der Waals surface area contributed by atoms with Crippen molar-refractivity contribution in [3.8, 4) is 0 Å². The maximum atomic E-state index is 13.5. The Kier molecular flexibility index (Phi) is 6.80. The molecule has 1 heterocycles. The van der Waals surface area contributed by atoms with Gasteiger partial charge in [0, 0.05) is 33.8 Å². The first-order valence-corrected chi connectivity index (χ1v) is 12.0. The van der Waals surface area contributed by atoms with E-state index in [1.165, 1.54) is 0 Å². The first-order chi connectivity index (χ1) is 15.3. The molecule has 1 unspecified atom stereocenters. The van der Waals surface area contributed by atoms with Crippen LogP contribution in [-0.2, 0) is 21.5 Å². The van der Waals surface area contributed by atoms with Crippen molar-refractivity contribution in [3.63, 3.8) is 0 Å². The molecule has 1 aliphatic carbocycles. The Labute approximate surface area is 199 Å². The molecule has 0 spiro atoms. The van der Waals surface area contributed by atoms with Gasteiger partial charge in [-0.3, -0.25) is 14.9 Å². The summed E-state index contributed by atoms with van der Waals surface area (Å²) in [5.74, 6) is 0.0287. The smallest absolute Gasteiger partial charge is 0.249 e. The molecule has 1 saturated carbocycles. The molecular weight excluding hydrogens is 445 g/mol. The SMILES string of the molecule is CC(C)C[C@H](NC1(Cc2cccc(Cl)c2)C(=O)Nc2cc(Cl)ccc21)C(=O)NC1CCC1. The van der Waals surface area contributed by atoms with Crippen LogP contribution in [0.3, 0.4) is 0 Å². The van der Waals surface area contributed by atoms with Crippen molar-refractivity contribution < 1.29 is 9.59 Å². The molecular formula is C25H29Cl2N3O2. The molecule has 32 heavy (non-hydrogen) atoms. The Bertz CT molecular complexity index is 1020. The van der Waals surface area contributed by atoms with Gasteiger partial charge in [0.15, 0.2) is 0 Å². The van der Waals surface area contributed by atoms with E-state index in [0.717, 1.165) is 30.4 Å². The number of amides is 2. The van der Waals surface area contributed by atoms with E-state index in [0.29, 0.717) is 28.6 Å². The first-order valence-electron chi connectivity index (χ1n) is 11.2. The van der Waals surface area contributed by atoms with Crippen LogP contribution in [0, 0.1) is 5.92 Å². The van der Waals surface area contributed by atoms with Crippen LogP contribution in [0.15, 0.2) is 42.5 Å². The summed E-state index contributed by atoms with van der Waals surface area (Å²) in [5.41, 5.74) is 1.25. The largest absolute Gasteiger partial charge is 0.352 e. The van der Waals surface area contributed by atoms with Crippen LogP contribution in [0.2, 0.25) is 10.0 Å². The maximum Gasteiger partial charge on any atom is 0.249 e. The molecule has 5 nitrogen and oxygen atoms in total. The molecule has 1 aliphatic heterocycles. The van der Waals surface area contributed by atoms with Crippen molar-refractivity contribution >= 4 is 40.7 Å². The van der Waals surface area contributed by atoms with Gasteiger partial charge in [-0.1, -0.05) is 55.2 Å². The van der Waals surface area contributed by atoms with Crippen molar-refractivity contribution in [3.05, 3.63) is 63.6 Å². The predicted octanol–water partition coefficient (Wildman–Crippen LogP) is 5.06. The van der Waals surface area contributed by atoms with Crippen molar-refractivity contribution in [2.24, 2.45) is 5.92 Å². The van der Waals surface area contributed by atoms with Gasteiger partial charge in [-0.05, 0) is 61.4 Å². The number of fused-ring (bicyclic) bond motifs is 1. The Morgan fingerprint density at radius 3 is 2.56 bits per heavy atom. The second-order valence-electron chi connectivity index (χ2n) is 9.32. The van der Waals surface area contributed by atoms with Crippen LogP contribution in [0.4, 0.5) is 5.69 Å². The summed E-state index contributed by atoms with van der Waals surface area (Å²) < 4.78 is 0. The maximum absolute atomic E-state index is 13.5. The zero-order chi connectivity index (χ0) is 22.9. The van der Waals surface area contributed by atoms with Crippen LogP contribution >= 0.6 is 23.2 Å². The topological polar surface area (TPSA) is 70.2 Å². The highest BCUT2D eigenvalue weighted by Gasteiger charge is 2.49. The van der Waals surface area contributed by atoms with E-state index >= 15 is 0 Å². The lowest BCUT2D eigenvalue weighted by atomic mass is 9.83. The highest BCUT2D eigenvalue weighted by atomic mass is 35.5. The van der Waals surface area contributed by atoms with Crippen molar-refractivity contribution in [1.82, 2.24) is 10.6 Å². The highest BCUT2D eigenvalue weighted by Crippen LogP contribution is 2.41. The zero-order valence-electron chi connectivity index (χ0n) is 18.4. The summed E-state index contributed by atoms with van der Waals surface area (Å²) in [5, 5.41) is 10.8. The van der Waals surface area contributed by atoms with Gasteiger partial charge in [0.25, 0.3) is 0 Å². The fraction of sp³-hybridized carbons (Fsp3) is 0.440. The number of carbonyl (C=O) groups excluding carboxylic acids is 2. The number of benzene rings is 2. The van der Waals surface area contributed by atoms with Gasteiger partial charge < -0.3 is 10.6 Å². The zero-order valence-corrected chi connectivity index (χ0v) is 19.9.